The molecule has 146 valence electrons. The van der Waals surface area contributed by atoms with Crippen LogP contribution in [0.15, 0.2) is 24.4 Å². The second-order valence-electron chi connectivity index (χ2n) is 7.35. The molecule has 4 rings (SSSR count). The standard InChI is InChI=1S/C20H22ClN5O2/c1-11-15(16-6-14(21)4-5-17(16)23-11)7-19(27)26-9-13(10-26)20(28)24-18-8-22-25(3)12(18)2/h4-6,8,13,23H,7,9-10H2,1-3H3,(H,24,28). The quantitative estimate of drug-likeness (QED) is 0.707. The van der Waals surface area contributed by atoms with Crippen LogP contribution in [0, 0.1) is 19.8 Å². The van der Waals surface area contributed by atoms with Crippen molar-refractivity contribution in [2.75, 3.05) is 18.4 Å². The van der Waals surface area contributed by atoms with E-state index in [9.17, 15) is 9.59 Å². The van der Waals surface area contributed by atoms with Gasteiger partial charge in [-0.15, -0.1) is 0 Å². The fourth-order valence-electron chi connectivity index (χ4n) is 3.55. The maximum atomic E-state index is 12.7. The number of benzene rings is 1. The number of nitrogens with one attached hydrogen (secondary N) is 2. The molecule has 1 aliphatic rings. The van der Waals surface area contributed by atoms with E-state index < -0.39 is 0 Å². The van der Waals surface area contributed by atoms with Crippen LogP contribution in [0.4, 0.5) is 5.69 Å². The predicted octanol–water partition coefficient (Wildman–Crippen LogP) is 2.81. The SMILES string of the molecule is Cc1[nH]c2ccc(Cl)cc2c1CC(=O)N1CC(C(=O)Nc2cnn(C)c2C)C1. The van der Waals surface area contributed by atoms with Gasteiger partial charge in [-0.2, -0.15) is 5.10 Å². The Labute approximate surface area is 167 Å². The molecule has 0 radical (unpaired) electrons. The lowest BCUT2D eigenvalue weighted by molar-refractivity contribution is -0.140. The van der Waals surface area contributed by atoms with Crippen molar-refractivity contribution in [2.24, 2.45) is 13.0 Å². The fourth-order valence-corrected chi connectivity index (χ4v) is 3.72. The highest BCUT2D eigenvalue weighted by Crippen LogP contribution is 2.27. The number of aromatic amines is 1. The molecule has 0 aliphatic carbocycles. The highest BCUT2D eigenvalue weighted by molar-refractivity contribution is 6.31. The summed E-state index contributed by atoms with van der Waals surface area (Å²) in [6.07, 6.45) is 1.93. The molecule has 0 unspecified atom stereocenters. The van der Waals surface area contributed by atoms with Crippen molar-refractivity contribution < 1.29 is 9.59 Å². The molecule has 2 N–H and O–H groups in total. The molecule has 1 fully saturated rings. The van der Waals surface area contributed by atoms with Crippen molar-refractivity contribution in [1.82, 2.24) is 19.7 Å². The molecule has 28 heavy (non-hydrogen) atoms. The van der Waals surface area contributed by atoms with Gasteiger partial charge in [0, 0.05) is 41.8 Å². The lowest BCUT2D eigenvalue weighted by Crippen LogP contribution is -2.54. The Bertz CT molecular complexity index is 1080. The van der Waals surface area contributed by atoms with E-state index in [-0.39, 0.29) is 17.7 Å². The zero-order valence-corrected chi connectivity index (χ0v) is 16.8. The summed E-state index contributed by atoms with van der Waals surface area (Å²) in [5.74, 6) is -0.247. The third kappa shape index (κ3) is 3.26. The van der Waals surface area contributed by atoms with Crippen molar-refractivity contribution in [3.8, 4) is 0 Å². The zero-order valence-electron chi connectivity index (χ0n) is 16.0. The van der Waals surface area contributed by atoms with Gasteiger partial charge in [-0.25, -0.2) is 0 Å². The Hall–Kier alpha value is -2.80. The Morgan fingerprint density at radius 2 is 2.07 bits per heavy atom. The third-order valence-corrected chi connectivity index (χ3v) is 5.74. The van der Waals surface area contributed by atoms with Crippen LogP contribution in [0.1, 0.15) is 17.0 Å². The molecule has 1 saturated heterocycles. The molecule has 0 saturated carbocycles. The van der Waals surface area contributed by atoms with Crippen molar-refractivity contribution in [3.05, 3.63) is 46.4 Å². The first-order chi connectivity index (χ1) is 13.3. The molecule has 0 bridgehead atoms. The molecule has 2 aromatic heterocycles. The van der Waals surface area contributed by atoms with Gasteiger partial charge in [-0.05, 0) is 37.6 Å². The summed E-state index contributed by atoms with van der Waals surface area (Å²) in [6, 6.07) is 5.63. The Morgan fingerprint density at radius 1 is 1.32 bits per heavy atom. The van der Waals surface area contributed by atoms with Gasteiger partial charge in [-0.3, -0.25) is 14.3 Å². The number of fused-ring (bicyclic) bond motifs is 1. The monoisotopic (exact) mass is 399 g/mol. The van der Waals surface area contributed by atoms with Crippen LogP contribution in [-0.2, 0) is 23.1 Å². The number of carbonyl (C=O) groups excluding carboxylic acids is 2. The molecule has 7 nitrogen and oxygen atoms in total. The van der Waals surface area contributed by atoms with E-state index in [1.54, 1.807) is 15.8 Å². The summed E-state index contributed by atoms with van der Waals surface area (Å²) in [4.78, 5) is 30.1. The molecule has 3 heterocycles. The summed E-state index contributed by atoms with van der Waals surface area (Å²) in [5, 5.41) is 8.64. The van der Waals surface area contributed by atoms with Gasteiger partial charge in [0.25, 0.3) is 0 Å². The number of H-pyrrole nitrogens is 1. The van der Waals surface area contributed by atoms with Gasteiger partial charge in [0.05, 0.1) is 29.9 Å². The van der Waals surface area contributed by atoms with E-state index in [0.717, 1.165) is 27.9 Å². The average Bonchev–Trinajstić information content (AvgIpc) is 3.07. The van der Waals surface area contributed by atoms with Gasteiger partial charge >= 0.3 is 0 Å². The predicted molar refractivity (Wildman–Crippen MR) is 108 cm³/mol. The molecule has 8 heteroatoms. The summed E-state index contributed by atoms with van der Waals surface area (Å²) >= 11 is 6.11. The number of carbonyl (C=O) groups is 2. The van der Waals surface area contributed by atoms with Gasteiger partial charge < -0.3 is 15.2 Å². The van der Waals surface area contributed by atoms with Gasteiger partial charge in [0.15, 0.2) is 0 Å². The van der Waals surface area contributed by atoms with E-state index >= 15 is 0 Å². The van der Waals surface area contributed by atoms with Gasteiger partial charge in [0.1, 0.15) is 0 Å². The van der Waals surface area contributed by atoms with Crippen molar-refractivity contribution in [1.29, 1.82) is 0 Å². The van der Waals surface area contributed by atoms with Crippen LogP contribution >= 0.6 is 11.6 Å². The number of hydrogen-bond acceptors (Lipinski definition) is 3. The summed E-state index contributed by atoms with van der Waals surface area (Å²) in [6.45, 7) is 4.73. The van der Waals surface area contributed by atoms with E-state index in [1.165, 1.54) is 0 Å². The van der Waals surface area contributed by atoms with E-state index in [1.807, 2.05) is 39.1 Å². The number of anilines is 1. The summed E-state index contributed by atoms with van der Waals surface area (Å²) in [5.41, 5.74) is 4.50. The minimum atomic E-state index is -0.193. The number of halogens is 1. The smallest absolute Gasteiger partial charge is 0.231 e. The van der Waals surface area contributed by atoms with Crippen LogP contribution in [-0.4, -0.2) is 44.6 Å². The van der Waals surface area contributed by atoms with Crippen LogP contribution in [0.3, 0.4) is 0 Å². The Morgan fingerprint density at radius 3 is 2.75 bits per heavy atom. The fraction of sp³-hybridized carbons (Fsp3) is 0.350. The lowest BCUT2D eigenvalue weighted by atomic mass is 9.97. The third-order valence-electron chi connectivity index (χ3n) is 5.51. The maximum absolute atomic E-state index is 12.7. The molecule has 2 amide bonds. The largest absolute Gasteiger partial charge is 0.358 e. The molecule has 0 atom stereocenters. The van der Waals surface area contributed by atoms with E-state index in [0.29, 0.717) is 30.2 Å². The molecule has 1 aliphatic heterocycles. The second kappa shape index (κ2) is 6.98. The number of aromatic nitrogens is 3. The highest BCUT2D eigenvalue weighted by atomic mass is 35.5. The Kier molecular flexibility index (Phi) is 4.63. The minimum Gasteiger partial charge on any atom is -0.358 e. The highest BCUT2D eigenvalue weighted by Gasteiger charge is 2.36. The first kappa shape index (κ1) is 18.6. The number of rotatable bonds is 4. The zero-order chi connectivity index (χ0) is 20.0. The molecule has 1 aromatic carbocycles. The topological polar surface area (TPSA) is 83.0 Å². The Balaban J connectivity index is 1.38. The molecule has 0 spiro atoms. The molecular formula is C20H22ClN5O2. The van der Waals surface area contributed by atoms with Gasteiger partial charge in [0.2, 0.25) is 11.8 Å². The van der Waals surface area contributed by atoms with Crippen LogP contribution < -0.4 is 5.32 Å². The van der Waals surface area contributed by atoms with E-state index in [4.69, 9.17) is 11.6 Å². The number of nitrogens with zero attached hydrogens (tertiary/aromatic N) is 3. The second-order valence-corrected chi connectivity index (χ2v) is 7.78. The van der Waals surface area contributed by atoms with Crippen molar-refractivity contribution in [2.45, 2.75) is 20.3 Å². The number of amides is 2. The maximum Gasteiger partial charge on any atom is 0.231 e. The molecule has 3 aromatic rings. The normalized spacial score (nSPS) is 14.4. The molecular weight excluding hydrogens is 378 g/mol. The number of aryl methyl sites for hydroxylation is 2. The van der Waals surface area contributed by atoms with Crippen molar-refractivity contribution >= 4 is 40.0 Å². The van der Waals surface area contributed by atoms with Crippen LogP contribution in [0.25, 0.3) is 10.9 Å². The summed E-state index contributed by atoms with van der Waals surface area (Å²) < 4.78 is 1.71. The minimum absolute atomic E-state index is 0.0191. The van der Waals surface area contributed by atoms with Gasteiger partial charge in [-0.1, -0.05) is 11.6 Å². The average molecular weight is 400 g/mol. The van der Waals surface area contributed by atoms with Crippen molar-refractivity contribution in [3.63, 3.8) is 0 Å². The van der Waals surface area contributed by atoms with E-state index in [2.05, 4.69) is 15.4 Å². The lowest BCUT2D eigenvalue weighted by Gasteiger charge is -2.38. The number of hydrogen-bond donors (Lipinski definition) is 2. The summed E-state index contributed by atoms with van der Waals surface area (Å²) in [7, 11) is 1.83. The van der Waals surface area contributed by atoms with Crippen LogP contribution in [0.2, 0.25) is 5.02 Å². The first-order valence-electron chi connectivity index (χ1n) is 9.17. The van der Waals surface area contributed by atoms with Crippen LogP contribution in [0.5, 0.6) is 0 Å². The first-order valence-corrected chi connectivity index (χ1v) is 9.55. The number of likely N-dealkylation sites (tertiary alicyclic amines) is 1.